The fourth-order valence-corrected chi connectivity index (χ4v) is 6.56. The van der Waals surface area contributed by atoms with E-state index >= 15 is 0 Å². The van der Waals surface area contributed by atoms with Gasteiger partial charge in [0, 0.05) is 48.3 Å². The molecule has 0 N–H and O–H groups in total. The molecule has 5 rings (SSSR count). The van der Waals surface area contributed by atoms with E-state index in [1.54, 1.807) is 7.11 Å². The Balaban J connectivity index is 1.57. The van der Waals surface area contributed by atoms with Crippen LogP contribution in [0.2, 0.25) is 0 Å². The third kappa shape index (κ3) is 4.38. The van der Waals surface area contributed by atoms with Crippen LogP contribution in [-0.2, 0) is 16.2 Å². The molecule has 6 heteroatoms. The predicted molar refractivity (Wildman–Crippen MR) is 148 cm³/mol. The van der Waals surface area contributed by atoms with Crippen LogP contribution in [0.15, 0.2) is 52.9 Å². The van der Waals surface area contributed by atoms with Crippen LogP contribution < -0.4 is 9.47 Å². The van der Waals surface area contributed by atoms with Gasteiger partial charge < -0.3 is 14.4 Å². The van der Waals surface area contributed by atoms with Gasteiger partial charge in [-0.05, 0) is 96.5 Å². The maximum absolute atomic E-state index is 13.3. The molecule has 3 aliphatic rings. The highest BCUT2D eigenvalue weighted by molar-refractivity contribution is 14.1. The molecule has 0 fully saturated rings. The summed E-state index contributed by atoms with van der Waals surface area (Å²) in [5.41, 5.74) is 8.25. The minimum Gasteiger partial charge on any atom is -0.493 e. The smallest absolute Gasteiger partial charge is 0.174 e. The van der Waals surface area contributed by atoms with Crippen molar-refractivity contribution in [3.63, 3.8) is 0 Å². The summed E-state index contributed by atoms with van der Waals surface area (Å²) < 4.78 is 13.0. The Morgan fingerprint density at radius 1 is 0.917 bits per heavy atom. The molecule has 36 heavy (non-hydrogen) atoms. The molecular formula is C30H32INO4. The Bertz CT molecular complexity index is 1280. The van der Waals surface area contributed by atoms with Crippen LogP contribution >= 0.6 is 22.6 Å². The average Bonchev–Trinajstić information content (AvgIpc) is 2.86. The van der Waals surface area contributed by atoms with E-state index in [4.69, 9.17) is 9.47 Å². The van der Waals surface area contributed by atoms with Crippen LogP contribution in [0.1, 0.15) is 66.7 Å². The van der Waals surface area contributed by atoms with E-state index < -0.39 is 0 Å². The average molecular weight is 597 g/mol. The largest absolute Gasteiger partial charge is 0.493 e. The lowest BCUT2D eigenvalue weighted by atomic mass is 9.71. The fourth-order valence-electron chi connectivity index (χ4n) is 5.78. The van der Waals surface area contributed by atoms with Crippen LogP contribution in [0.3, 0.4) is 0 Å². The summed E-state index contributed by atoms with van der Waals surface area (Å²) >= 11 is 2.28. The zero-order valence-electron chi connectivity index (χ0n) is 21.4. The molecule has 188 valence electrons. The van der Waals surface area contributed by atoms with Crippen LogP contribution in [0.4, 0.5) is 0 Å². The van der Waals surface area contributed by atoms with Gasteiger partial charge in [-0.2, -0.15) is 0 Å². The van der Waals surface area contributed by atoms with Gasteiger partial charge in [0.05, 0.1) is 10.7 Å². The van der Waals surface area contributed by atoms with Crippen molar-refractivity contribution < 1.29 is 19.1 Å². The van der Waals surface area contributed by atoms with Crippen molar-refractivity contribution in [1.82, 2.24) is 4.90 Å². The molecule has 2 aromatic rings. The third-order valence-corrected chi connectivity index (χ3v) is 8.59. The number of hydrogen-bond donors (Lipinski definition) is 0. The first-order chi connectivity index (χ1) is 17.3. The number of ether oxygens (including phenoxy) is 2. The van der Waals surface area contributed by atoms with E-state index in [9.17, 15) is 9.59 Å². The molecule has 5 nitrogen and oxygen atoms in total. The highest BCUT2D eigenvalue weighted by Gasteiger charge is 2.42. The SMILES string of the molecule is COc1cc(C2C3=C(CCCC3=O)N(C)C3=C2C(=O)CCC3)cc(I)c1OCc1ccc(C)c(C)c1. The molecule has 1 aliphatic heterocycles. The number of carbonyl (C=O) groups is 2. The molecule has 2 aromatic carbocycles. The standard InChI is InChI=1S/C30H32INO4/c1-17-11-12-19(13-18(17)2)16-36-30-21(31)14-20(15-26(30)35-4)27-28-22(7-5-9-24(28)33)32(3)23-8-6-10-25(34)29(23)27/h11-15,27H,5-10,16H2,1-4H3. The summed E-state index contributed by atoms with van der Waals surface area (Å²) in [6.45, 7) is 4.64. The fraction of sp³-hybridized carbons (Fsp3) is 0.400. The topological polar surface area (TPSA) is 55.8 Å². The maximum Gasteiger partial charge on any atom is 0.174 e. The van der Waals surface area contributed by atoms with Gasteiger partial charge in [0.15, 0.2) is 23.1 Å². The molecule has 0 saturated heterocycles. The van der Waals surface area contributed by atoms with Gasteiger partial charge in [0.25, 0.3) is 0 Å². The molecular weight excluding hydrogens is 565 g/mol. The number of Topliss-reactive ketones (excluding diaryl/α,β-unsaturated/α-hetero) is 2. The molecule has 0 atom stereocenters. The van der Waals surface area contributed by atoms with Crippen LogP contribution in [0, 0.1) is 17.4 Å². The highest BCUT2D eigenvalue weighted by Crippen LogP contribution is 2.50. The zero-order valence-corrected chi connectivity index (χ0v) is 23.5. The van der Waals surface area contributed by atoms with Gasteiger partial charge in [-0.1, -0.05) is 18.2 Å². The summed E-state index contributed by atoms with van der Waals surface area (Å²) in [6.07, 6.45) is 4.51. The van der Waals surface area contributed by atoms with E-state index in [1.807, 2.05) is 13.1 Å². The monoisotopic (exact) mass is 597 g/mol. The summed E-state index contributed by atoms with van der Waals surface area (Å²) in [5.74, 6) is 1.27. The van der Waals surface area contributed by atoms with Crippen molar-refractivity contribution in [2.75, 3.05) is 14.2 Å². The lowest BCUT2D eigenvalue weighted by Gasteiger charge is -2.42. The minimum atomic E-state index is -0.344. The number of carbonyl (C=O) groups excluding carboxylic acids is 2. The lowest BCUT2D eigenvalue weighted by Crippen LogP contribution is -2.37. The first-order valence-corrected chi connectivity index (χ1v) is 13.7. The predicted octanol–water partition coefficient (Wildman–Crippen LogP) is 6.54. The van der Waals surface area contributed by atoms with Crippen molar-refractivity contribution in [3.05, 3.63) is 78.7 Å². The van der Waals surface area contributed by atoms with Crippen LogP contribution in [0.5, 0.6) is 11.5 Å². The number of halogens is 1. The van der Waals surface area contributed by atoms with E-state index in [0.717, 1.165) is 62.9 Å². The number of nitrogens with zero attached hydrogens (tertiary/aromatic N) is 1. The quantitative estimate of drug-likeness (QED) is 0.367. The Kier molecular flexibility index (Phi) is 6.99. The molecule has 1 heterocycles. The van der Waals surface area contributed by atoms with Crippen molar-refractivity contribution >= 4 is 34.2 Å². The van der Waals surface area contributed by atoms with Gasteiger partial charge in [-0.3, -0.25) is 9.59 Å². The Hall–Kier alpha value is -2.61. The third-order valence-electron chi connectivity index (χ3n) is 7.78. The molecule has 0 radical (unpaired) electrons. The van der Waals surface area contributed by atoms with Gasteiger partial charge in [0.1, 0.15) is 6.61 Å². The number of rotatable bonds is 5. The second-order valence-corrected chi connectivity index (χ2v) is 11.2. The molecule has 2 aliphatic carbocycles. The van der Waals surface area contributed by atoms with Gasteiger partial charge in [-0.15, -0.1) is 0 Å². The second-order valence-electron chi connectivity index (χ2n) is 10.0. The first-order valence-electron chi connectivity index (χ1n) is 12.6. The Labute approximate surface area is 226 Å². The second kappa shape index (κ2) is 10.0. The zero-order chi connectivity index (χ0) is 25.6. The van der Waals surface area contributed by atoms with Crippen LogP contribution in [-0.4, -0.2) is 30.6 Å². The molecule has 0 saturated carbocycles. The van der Waals surface area contributed by atoms with E-state index in [1.165, 1.54) is 11.1 Å². The Morgan fingerprint density at radius 3 is 2.14 bits per heavy atom. The molecule has 0 unspecified atom stereocenters. The van der Waals surface area contributed by atoms with Crippen molar-refractivity contribution in [1.29, 1.82) is 0 Å². The normalized spacial score (nSPS) is 18.4. The van der Waals surface area contributed by atoms with Crippen molar-refractivity contribution in [2.45, 2.75) is 64.9 Å². The number of hydrogen-bond acceptors (Lipinski definition) is 5. The molecule has 0 aromatic heterocycles. The molecule has 0 amide bonds. The van der Waals surface area contributed by atoms with Crippen molar-refractivity contribution in [2.24, 2.45) is 0 Å². The van der Waals surface area contributed by atoms with E-state index in [-0.39, 0.29) is 17.5 Å². The number of methoxy groups -OCH3 is 1. The van der Waals surface area contributed by atoms with Crippen molar-refractivity contribution in [3.8, 4) is 11.5 Å². The van der Waals surface area contributed by atoms with Gasteiger partial charge in [-0.25, -0.2) is 0 Å². The van der Waals surface area contributed by atoms with E-state index in [2.05, 4.69) is 65.6 Å². The molecule has 0 spiro atoms. The minimum absolute atomic E-state index is 0.155. The number of ketones is 2. The summed E-state index contributed by atoms with van der Waals surface area (Å²) in [5, 5.41) is 0. The summed E-state index contributed by atoms with van der Waals surface area (Å²) in [7, 11) is 3.66. The Morgan fingerprint density at radius 2 is 1.56 bits per heavy atom. The first kappa shape index (κ1) is 25.1. The maximum atomic E-state index is 13.3. The van der Waals surface area contributed by atoms with Crippen LogP contribution in [0.25, 0.3) is 0 Å². The lowest BCUT2D eigenvalue weighted by molar-refractivity contribution is -0.117. The number of aryl methyl sites for hydroxylation is 2. The number of allylic oxidation sites excluding steroid dienone is 4. The van der Waals surface area contributed by atoms with Gasteiger partial charge in [0.2, 0.25) is 0 Å². The van der Waals surface area contributed by atoms with Gasteiger partial charge >= 0.3 is 0 Å². The molecule has 0 bridgehead atoms. The van der Waals surface area contributed by atoms with E-state index in [0.29, 0.717) is 30.9 Å². The summed E-state index contributed by atoms with van der Waals surface area (Å²) in [4.78, 5) is 28.7. The number of benzene rings is 2. The summed E-state index contributed by atoms with van der Waals surface area (Å²) in [6, 6.07) is 10.4. The highest BCUT2D eigenvalue weighted by atomic mass is 127.